The van der Waals surface area contributed by atoms with Crippen LogP contribution in [0.3, 0.4) is 0 Å². The van der Waals surface area contributed by atoms with Gasteiger partial charge in [-0.2, -0.15) is 4.98 Å². The van der Waals surface area contributed by atoms with Crippen molar-refractivity contribution in [1.29, 1.82) is 0 Å². The van der Waals surface area contributed by atoms with Gasteiger partial charge >= 0.3 is 0 Å². The van der Waals surface area contributed by atoms with Gasteiger partial charge in [0, 0.05) is 36.2 Å². The summed E-state index contributed by atoms with van der Waals surface area (Å²) in [6.07, 6.45) is 1.82. The number of nitrogens with one attached hydrogen (secondary N) is 2. The molecule has 1 saturated carbocycles. The second-order valence-electron chi connectivity index (χ2n) is 12.8. The molecule has 2 aromatic carbocycles. The lowest BCUT2D eigenvalue weighted by Gasteiger charge is -2.47. The van der Waals surface area contributed by atoms with E-state index in [4.69, 9.17) is 4.74 Å². The predicted molar refractivity (Wildman–Crippen MR) is 164 cm³/mol. The summed E-state index contributed by atoms with van der Waals surface area (Å²) in [6.45, 7) is 11.9. The number of hydrogen-bond acceptors (Lipinski definition) is 7. The second-order valence-corrected chi connectivity index (χ2v) is 14.5. The molecule has 4 bridgehead atoms. The van der Waals surface area contributed by atoms with E-state index in [-0.39, 0.29) is 64.2 Å². The third kappa shape index (κ3) is 6.82. The Morgan fingerprint density at radius 3 is 2.40 bits per heavy atom. The van der Waals surface area contributed by atoms with Crippen molar-refractivity contribution < 1.29 is 22.7 Å². The van der Waals surface area contributed by atoms with Crippen LogP contribution in [0, 0.1) is 19.3 Å². The first-order valence-corrected chi connectivity index (χ1v) is 16.0. The van der Waals surface area contributed by atoms with E-state index in [0.717, 1.165) is 16.7 Å². The molecule has 10 nitrogen and oxygen atoms in total. The smallest absolute Gasteiger partial charge is 0.264 e. The summed E-state index contributed by atoms with van der Waals surface area (Å²) in [5.41, 5.74) is 3.44. The van der Waals surface area contributed by atoms with Crippen LogP contribution in [0.1, 0.15) is 68.4 Å². The highest BCUT2D eigenvalue weighted by atomic mass is 32.2. The molecule has 2 heterocycles. The Kier molecular flexibility index (Phi) is 8.22. The Bertz CT molecular complexity index is 1640. The number of anilines is 1. The van der Waals surface area contributed by atoms with Crippen LogP contribution in [0.25, 0.3) is 11.3 Å². The predicted octanol–water partition coefficient (Wildman–Crippen LogP) is 4.87. The Hall–Kier alpha value is -3.99. The number of fused-ring (bicyclic) bond motifs is 4. The van der Waals surface area contributed by atoms with Gasteiger partial charge in [0.25, 0.3) is 15.9 Å². The Labute approximate surface area is 253 Å². The molecule has 3 aromatic rings. The molecular weight excluding hydrogens is 566 g/mol. The van der Waals surface area contributed by atoms with E-state index in [1.54, 1.807) is 18.2 Å². The number of nitrogens with zero attached hydrogens (tertiary/aromatic N) is 3. The fourth-order valence-corrected chi connectivity index (χ4v) is 6.98. The summed E-state index contributed by atoms with van der Waals surface area (Å²) in [4.78, 5) is 36.7. The fraction of sp³-hybridized carbons (Fsp3) is 0.438. The Balaban J connectivity index is 1.64. The lowest BCUT2D eigenvalue weighted by molar-refractivity contribution is -0.120. The SMILES string of the molecule is CC(=O)NC1CC(N2C(=O)c3cccc(c3)S(=O)(=O)Nc3nc(cc(-c4c(C)cccc4C)n3)OC[C@H]2CC(C)(C)C)C1. The van der Waals surface area contributed by atoms with Crippen molar-refractivity contribution in [3.63, 3.8) is 0 Å². The number of aromatic nitrogens is 2. The van der Waals surface area contributed by atoms with Crippen molar-refractivity contribution in [2.45, 2.75) is 83.8 Å². The van der Waals surface area contributed by atoms with Gasteiger partial charge in [0.2, 0.25) is 17.7 Å². The molecule has 1 aromatic heterocycles. The van der Waals surface area contributed by atoms with E-state index in [1.165, 1.54) is 19.1 Å². The first-order chi connectivity index (χ1) is 20.2. The third-order valence-electron chi connectivity index (χ3n) is 7.87. The molecule has 1 atom stereocenters. The molecule has 43 heavy (non-hydrogen) atoms. The van der Waals surface area contributed by atoms with Gasteiger partial charge in [0.05, 0.1) is 16.6 Å². The number of hydrogen-bond donors (Lipinski definition) is 2. The molecule has 1 aliphatic heterocycles. The maximum Gasteiger partial charge on any atom is 0.264 e. The number of sulfonamides is 1. The summed E-state index contributed by atoms with van der Waals surface area (Å²) >= 11 is 0. The maximum absolute atomic E-state index is 14.2. The van der Waals surface area contributed by atoms with E-state index in [9.17, 15) is 18.0 Å². The Morgan fingerprint density at radius 1 is 1.07 bits per heavy atom. The Morgan fingerprint density at radius 2 is 1.74 bits per heavy atom. The van der Waals surface area contributed by atoms with Crippen molar-refractivity contribution in [1.82, 2.24) is 20.2 Å². The molecule has 1 fully saturated rings. The van der Waals surface area contributed by atoms with Gasteiger partial charge in [-0.3, -0.25) is 9.59 Å². The summed E-state index contributed by atoms with van der Waals surface area (Å²) in [7, 11) is -4.14. The number of rotatable bonds is 4. The summed E-state index contributed by atoms with van der Waals surface area (Å²) in [5.74, 6) is -0.312. The summed E-state index contributed by atoms with van der Waals surface area (Å²) in [6, 6.07) is 13.1. The highest BCUT2D eigenvalue weighted by molar-refractivity contribution is 7.92. The van der Waals surface area contributed by atoms with Gasteiger partial charge in [0.15, 0.2) is 0 Å². The standard InChI is InChI=1S/C32H39N5O5S/c1-19-9-7-10-20(2)29(19)27-16-28-35-31(34-27)36-43(40,41)26-12-8-11-22(13-26)30(39)37(24-14-23(15-24)33-21(3)38)25(18-42-28)17-32(4,5)6/h7-13,16,23-25H,14-15,17-18H2,1-6H3,(H,33,38)(H,34,35,36)/t23?,24?,25-/m1/s1. The van der Waals surface area contributed by atoms with Gasteiger partial charge in [-0.15, -0.1) is 0 Å². The molecule has 228 valence electrons. The maximum atomic E-state index is 14.2. The molecule has 2 amide bonds. The fourth-order valence-electron chi connectivity index (χ4n) is 5.99. The van der Waals surface area contributed by atoms with E-state index in [1.807, 2.05) is 36.9 Å². The van der Waals surface area contributed by atoms with Crippen molar-refractivity contribution in [3.05, 3.63) is 65.2 Å². The zero-order valence-electron chi connectivity index (χ0n) is 25.5. The number of amides is 2. The summed E-state index contributed by atoms with van der Waals surface area (Å²) in [5, 5.41) is 2.94. The van der Waals surface area contributed by atoms with Gasteiger partial charge in [-0.05, 0) is 67.9 Å². The third-order valence-corrected chi connectivity index (χ3v) is 9.20. The average Bonchev–Trinajstić information content (AvgIpc) is 2.88. The van der Waals surface area contributed by atoms with E-state index in [2.05, 4.69) is 40.8 Å². The lowest BCUT2D eigenvalue weighted by Crippen LogP contribution is -2.59. The molecule has 0 unspecified atom stereocenters. The zero-order valence-corrected chi connectivity index (χ0v) is 26.3. The first-order valence-electron chi connectivity index (χ1n) is 14.5. The molecule has 0 spiro atoms. The van der Waals surface area contributed by atoms with Crippen LogP contribution in [0.5, 0.6) is 5.88 Å². The number of benzene rings is 2. The van der Waals surface area contributed by atoms with Crippen LogP contribution in [0.4, 0.5) is 5.95 Å². The van der Waals surface area contributed by atoms with Crippen molar-refractivity contribution in [2.75, 3.05) is 11.3 Å². The minimum Gasteiger partial charge on any atom is -0.475 e. The van der Waals surface area contributed by atoms with Crippen molar-refractivity contribution >= 4 is 27.8 Å². The average molecular weight is 606 g/mol. The molecule has 11 heteroatoms. The number of ether oxygens (including phenoxy) is 1. The summed E-state index contributed by atoms with van der Waals surface area (Å²) < 4.78 is 35.9. The van der Waals surface area contributed by atoms with Crippen LogP contribution >= 0.6 is 0 Å². The minimum atomic E-state index is -4.14. The number of aryl methyl sites for hydroxylation is 2. The van der Waals surface area contributed by atoms with Gasteiger partial charge < -0.3 is 15.0 Å². The van der Waals surface area contributed by atoms with Crippen LogP contribution in [0.2, 0.25) is 0 Å². The topological polar surface area (TPSA) is 131 Å². The number of carbonyl (C=O) groups excluding carboxylic acids is 2. The van der Waals surface area contributed by atoms with Gasteiger partial charge in [-0.1, -0.05) is 45.0 Å². The minimum absolute atomic E-state index is 0.0312. The van der Waals surface area contributed by atoms with Crippen LogP contribution < -0.4 is 14.8 Å². The van der Waals surface area contributed by atoms with E-state index < -0.39 is 10.0 Å². The number of carbonyl (C=O) groups is 2. The van der Waals surface area contributed by atoms with Crippen LogP contribution in [-0.4, -0.2) is 59.8 Å². The van der Waals surface area contributed by atoms with Crippen molar-refractivity contribution in [3.8, 4) is 17.1 Å². The lowest BCUT2D eigenvalue weighted by atomic mass is 9.81. The molecule has 5 rings (SSSR count). The van der Waals surface area contributed by atoms with Gasteiger partial charge in [0.1, 0.15) is 6.61 Å². The van der Waals surface area contributed by atoms with E-state index >= 15 is 0 Å². The van der Waals surface area contributed by atoms with Crippen LogP contribution in [0.15, 0.2) is 53.4 Å². The largest absolute Gasteiger partial charge is 0.475 e. The van der Waals surface area contributed by atoms with E-state index in [0.29, 0.717) is 25.0 Å². The molecule has 1 aliphatic carbocycles. The quantitative estimate of drug-likeness (QED) is 0.434. The molecule has 0 saturated heterocycles. The molecular formula is C32H39N5O5S. The monoisotopic (exact) mass is 605 g/mol. The molecule has 0 radical (unpaired) electrons. The highest BCUT2D eigenvalue weighted by Crippen LogP contribution is 2.35. The highest BCUT2D eigenvalue weighted by Gasteiger charge is 2.42. The first kappa shape index (κ1) is 30.5. The molecule has 2 aliphatic rings. The van der Waals surface area contributed by atoms with Crippen LogP contribution in [-0.2, 0) is 14.8 Å². The van der Waals surface area contributed by atoms with Crippen molar-refractivity contribution in [2.24, 2.45) is 5.41 Å². The second kappa shape index (κ2) is 11.6. The normalized spacial score (nSPS) is 21.7. The zero-order chi connectivity index (χ0) is 31.1. The molecule has 2 N–H and O–H groups in total. The van der Waals surface area contributed by atoms with Gasteiger partial charge in [-0.25, -0.2) is 18.1 Å².